The van der Waals surface area contributed by atoms with E-state index in [1.165, 1.54) is 0 Å². The fraction of sp³-hybridized carbons (Fsp3) is 0.471. The van der Waals surface area contributed by atoms with Gasteiger partial charge in [-0.1, -0.05) is 25.1 Å². The highest BCUT2D eigenvalue weighted by atomic mass is 16.7. The molecule has 1 fully saturated rings. The van der Waals surface area contributed by atoms with Crippen molar-refractivity contribution in [3.8, 4) is 0 Å². The summed E-state index contributed by atoms with van der Waals surface area (Å²) in [6.45, 7) is 1.19. The van der Waals surface area contributed by atoms with Crippen molar-refractivity contribution < 1.29 is 34.5 Å². The number of hydrogen-bond acceptors (Lipinski definition) is 8. The van der Waals surface area contributed by atoms with Crippen LogP contribution in [0.4, 0.5) is 10.5 Å². The Bertz CT molecular complexity index is 668. The van der Waals surface area contributed by atoms with Crippen molar-refractivity contribution in [2.45, 2.75) is 44.1 Å². The van der Waals surface area contributed by atoms with E-state index in [9.17, 15) is 24.9 Å². The van der Waals surface area contributed by atoms with E-state index < -0.39 is 43.0 Å². The number of aliphatic hydroxyl groups excluding tert-OH is 3. The van der Waals surface area contributed by atoms with Gasteiger partial charge >= 0.3 is 6.09 Å². The Morgan fingerprint density at radius 2 is 1.93 bits per heavy atom. The SMILES string of the molecule is CCCC(=O)N[C@H]1C(=NOC(=O)Nc2ccccc2)O[C@H](CO)[C@@H](O)[C@@H]1O. The summed E-state index contributed by atoms with van der Waals surface area (Å²) in [7, 11) is 0. The van der Waals surface area contributed by atoms with Crippen LogP contribution in [0.25, 0.3) is 0 Å². The normalized spacial score (nSPS) is 26.1. The monoisotopic (exact) mass is 381 g/mol. The average molecular weight is 381 g/mol. The average Bonchev–Trinajstić information content (AvgIpc) is 2.66. The molecule has 1 aliphatic heterocycles. The van der Waals surface area contributed by atoms with Crippen molar-refractivity contribution in [3.63, 3.8) is 0 Å². The van der Waals surface area contributed by atoms with E-state index >= 15 is 0 Å². The number of ether oxygens (including phenoxy) is 1. The van der Waals surface area contributed by atoms with E-state index in [-0.39, 0.29) is 12.3 Å². The lowest BCUT2D eigenvalue weighted by Crippen LogP contribution is -2.62. The van der Waals surface area contributed by atoms with Crippen molar-refractivity contribution in [1.29, 1.82) is 0 Å². The summed E-state index contributed by atoms with van der Waals surface area (Å²) in [6.07, 6.45) is -4.31. The number of nitrogens with one attached hydrogen (secondary N) is 2. The zero-order valence-electron chi connectivity index (χ0n) is 14.7. The highest BCUT2D eigenvalue weighted by molar-refractivity contribution is 5.90. The summed E-state index contributed by atoms with van der Waals surface area (Å²) in [4.78, 5) is 28.4. The summed E-state index contributed by atoms with van der Waals surface area (Å²) < 4.78 is 5.28. The Labute approximate surface area is 155 Å². The molecule has 4 atom stereocenters. The van der Waals surface area contributed by atoms with Gasteiger partial charge in [-0.25, -0.2) is 4.79 Å². The van der Waals surface area contributed by atoms with E-state index in [0.29, 0.717) is 12.1 Å². The van der Waals surface area contributed by atoms with Crippen LogP contribution in [-0.2, 0) is 14.4 Å². The molecule has 1 aliphatic rings. The molecule has 1 saturated heterocycles. The quantitative estimate of drug-likeness (QED) is 0.342. The summed E-state index contributed by atoms with van der Waals surface area (Å²) in [6, 6.07) is 7.26. The minimum absolute atomic E-state index is 0.186. The minimum Gasteiger partial charge on any atom is -0.468 e. The Kier molecular flexibility index (Phi) is 7.53. The first kappa shape index (κ1) is 20.6. The summed E-state index contributed by atoms with van der Waals surface area (Å²) >= 11 is 0. The number of amides is 2. The molecular weight excluding hydrogens is 358 g/mol. The van der Waals surface area contributed by atoms with E-state index in [1.807, 2.05) is 0 Å². The molecule has 0 spiro atoms. The molecular formula is C17H23N3O7. The fourth-order valence-electron chi connectivity index (χ4n) is 2.45. The second-order valence-corrected chi connectivity index (χ2v) is 5.91. The van der Waals surface area contributed by atoms with Crippen LogP contribution in [0.3, 0.4) is 0 Å². The summed E-state index contributed by atoms with van der Waals surface area (Å²) in [5, 5.41) is 37.9. The number of hydrogen-bond donors (Lipinski definition) is 5. The number of benzene rings is 1. The fourth-order valence-corrected chi connectivity index (χ4v) is 2.45. The number of anilines is 1. The third-order valence-electron chi connectivity index (χ3n) is 3.82. The highest BCUT2D eigenvalue weighted by Gasteiger charge is 2.44. The first-order valence-corrected chi connectivity index (χ1v) is 8.50. The Hall–Kier alpha value is -2.69. The van der Waals surface area contributed by atoms with Gasteiger partial charge in [-0.05, 0) is 23.7 Å². The Balaban J connectivity index is 2.10. The molecule has 0 bridgehead atoms. The number of rotatable bonds is 6. The lowest BCUT2D eigenvalue weighted by Gasteiger charge is -2.37. The van der Waals surface area contributed by atoms with E-state index in [4.69, 9.17) is 9.57 Å². The van der Waals surface area contributed by atoms with E-state index in [0.717, 1.165) is 0 Å². The van der Waals surface area contributed by atoms with Crippen LogP contribution in [-0.4, -0.2) is 64.2 Å². The molecule has 0 aliphatic carbocycles. The second kappa shape index (κ2) is 9.86. The maximum Gasteiger partial charge on any atom is 0.437 e. The van der Waals surface area contributed by atoms with Gasteiger partial charge in [-0.15, -0.1) is 0 Å². The molecule has 0 saturated carbocycles. The lowest BCUT2D eigenvalue weighted by atomic mass is 9.97. The molecule has 1 heterocycles. The van der Waals surface area contributed by atoms with Crippen molar-refractivity contribution in [2.24, 2.45) is 5.16 Å². The zero-order chi connectivity index (χ0) is 19.8. The van der Waals surface area contributed by atoms with E-state index in [1.54, 1.807) is 37.3 Å². The number of carbonyl (C=O) groups is 2. The number of para-hydroxylation sites is 1. The first-order valence-electron chi connectivity index (χ1n) is 8.50. The second-order valence-electron chi connectivity index (χ2n) is 5.91. The maximum atomic E-state index is 11.9. The number of oxime groups is 1. The third-order valence-corrected chi connectivity index (χ3v) is 3.82. The lowest BCUT2D eigenvalue weighted by molar-refractivity contribution is -0.127. The predicted molar refractivity (Wildman–Crippen MR) is 94.8 cm³/mol. The van der Waals surface area contributed by atoms with Crippen LogP contribution in [0.1, 0.15) is 19.8 Å². The van der Waals surface area contributed by atoms with Gasteiger partial charge in [-0.2, -0.15) is 0 Å². The number of nitrogens with zero attached hydrogens (tertiary/aromatic N) is 1. The highest BCUT2D eigenvalue weighted by Crippen LogP contribution is 2.18. The number of carbonyl (C=O) groups excluding carboxylic acids is 2. The zero-order valence-corrected chi connectivity index (χ0v) is 14.7. The van der Waals surface area contributed by atoms with Crippen LogP contribution in [0.2, 0.25) is 0 Å². The molecule has 2 rings (SSSR count). The van der Waals surface area contributed by atoms with Gasteiger partial charge in [0.1, 0.15) is 18.2 Å². The van der Waals surface area contributed by atoms with Crippen molar-refractivity contribution in [1.82, 2.24) is 5.32 Å². The van der Waals surface area contributed by atoms with Crippen molar-refractivity contribution >= 4 is 23.6 Å². The van der Waals surface area contributed by atoms with Crippen LogP contribution in [0, 0.1) is 0 Å². The smallest absolute Gasteiger partial charge is 0.437 e. The molecule has 10 heteroatoms. The third kappa shape index (κ3) is 5.64. The largest absolute Gasteiger partial charge is 0.468 e. The van der Waals surface area contributed by atoms with E-state index in [2.05, 4.69) is 15.8 Å². The first-order chi connectivity index (χ1) is 13.0. The molecule has 2 amide bonds. The van der Waals surface area contributed by atoms with Crippen molar-refractivity contribution in [2.75, 3.05) is 11.9 Å². The minimum atomic E-state index is -1.50. The molecule has 0 aromatic heterocycles. The molecule has 0 radical (unpaired) electrons. The maximum absolute atomic E-state index is 11.9. The topological polar surface area (TPSA) is 150 Å². The van der Waals surface area contributed by atoms with Crippen molar-refractivity contribution in [3.05, 3.63) is 30.3 Å². The molecule has 1 aromatic rings. The molecule has 1 aromatic carbocycles. The van der Waals surface area contributed by atoms with Gasteiger partial charge in [0.25, 0.3) is 5.90 Å². The van der Waals surface area contributed by atoms with Crippen LogP contribution in [0.5, 0.6) is 0 Å². The Morgan fingerprint density at radius 3 is 2.56 bits per heavy atom. The summed E-state index contributed by atoms with van der Waals surface area (Å²) in [5.41, 5.74) is 0.476. The predicted octanol–water partition coefficient (Wildman–Crippen LogP) is -0.0536. The molecule has 148 valence electrons. The standard InChI is InChI=1S/C17H23N3O7/c1-2-6-12(22)19-13-15(24)14(23)11(9-21)26-16(13)20-27-17(25)18-10-7-4-3-5-8-10/h3-5,7-8,11,13-15,21,23-24H,2,6,9H2,1H3,(H,18,25)(H,19,22)/t11-,13-,14-,15-/m1/s1. The molecule has 27 heavy (non-hydrogen) atoms. The van der Waals surface area contributed by atoms with Gasteiger partial charge in [0.15, 0.2) is 6.10 Å². The molecule has 10 nitrogen and oxygen atoms in total. The van der Waals surface area contributed by atoms with Gasteiger partial charge in [0.2, 0.25) is 5.91 Å². The van der Waals surface area contributed by atoms with Crippen LogP contribution < -0.4 is 10.6 Å². The number of aliphatic hydroxyl groups is 3. The Morgan fingerprint density at radius 1 is 1.22 bits per heavy atom. The van der Waals surface area contributed by atoms with Gasteiger partial charge < -0.3 is 25.4 Å². The van der Waals surface area contributed by atoms with Gasteiger partial charge in [0, 0.05) is 12.1 Å². The van der Waals surface area contributed by atoms with Crippen LogP contribution >= 0.6 is 0 Å². The molecule has 0 unspecified atom stereocenters. The molecule has 5 N–H and O–H groups in total. The van der Waals surface area contributed by atoms with Gasteiger partial charge in [0.05, 0.1) is 6.61 Å². The van der Waals surface area contributed by atoms with Crippen LogP contribution in [0.15, 0.2) is 35.5 Å². The summed E-state index contributed by atoms with van der Waals surface area (Å²) in [5.74, 6) is -0.735. The van der Waals surface area contributed by atoms with Gasteiger partial charge in [-0.3, -0.25) is 14.9 Å².